The van der Waals surface area contributed by atoms with Gasteiger partial charge in [-0.05, 0) is 49.6 Å². The summed E-state index contributed by atoms with van der Waals surface area (Å²) in [6.07, 6.45) is 2.22. The zero-order chi connectivity index (χ0) is 18.7. The lowest BCUT2D eigenvalue weighted by atomic mass is 10.0. The average Bonchev–Trinajstić information content (AvgIpc) is 3.04. The highest BCUT2D eigenvalue weighted by molar-refractivity contribution is 5.98. The maximum Gasteiger partial charge on any atom is 0.289 e. The Kier molecular flexibility index (Phi) is 5.30. The number of nitrogens with zero attached hydrogens (tertiary/aromatic N) is 2. The monoisotopic (exact) mass is 356 g/mol. The van der Waals surface area contributed by atoms with Gasteiger partial charge in [-0.25, -0.2) is 0 Å². The number of hydrogen-bond acceptors (Lipinski definition) is 4. The SMILES string of the molecule is COc1c(C)cc(C)cc1C(=O)N1CCCN(C(=O)c2ccco2)CC1. The molecule has 6 nitrogen and oxygen atoms in total. The lowest BCUT2D eigenvalue weighted by Crippen LogP contribution is -2.37. The van der Waals surface area contributed by atoms with Crippen molar-refractivity contribution in [2.75, 3.05) is 33.3 Å². The summed E-state index contributed by atoms with van der Waals surface area (Å²) in [4.78, 5) is 29.1. The van der Waals surface area contributed by atoms with Gasteiger partial charge in [0.1, 0.15) is 5.75 Å². The largest absolute Gasteiger partial charge is 0.496 e. The normalized spacial score (nSPS) is 14.9. The van der Waals surface area contributed by atoms with Crippen LogP contribution in [0.5, 0.6) is 5.75 Å². The van der Waals surface area contributed by atoms with E-state index >= 15 is 0 Å². The van der Waals surface area contributed by atoms with Gasteiger partial charge in [0, 0.05) is 26.2 Å². The lowest BCUT2D eigenvalue weighted by molar-refractivity contribution is 0.0699. The molecule has 0 saturated carbocycles. The van der Waals surface area contributed by atoms with Crippen molar-refractivity contribution < 1.29 is 18.7 Å². The zero-order valence-corrected chi connectivity index (χ0v) is 15.4. The highest BCUT2D eigenvalue weighted by atomic mass is 16.5. The zero-order valence-electron chi connectivity index (χ0n) is 15.4. The molecule has 0 atom stereocenters. The fourth-order valence-corrected chi connectivity index (χ4v) is 3.43. The van der Waals surface area contributed by atoms with E-state index in [0.29, 0.717) is 43.3 Å². The Labute approximate surface area is 153 Å². The molecule has 2 heterocycles. The van der Waals surface area contributed by atoms with Crippen LogP contribution in [0.15, 0.2) is 34.9 Å². The number of hydrogen-bond donors (Lipinski definition) is 0. The minimum atomic E-state index is -0.131. The predicted octanol–water partition coefficient (Wildman–Crippen LogP) is 2.89. The van der Waals surface area contributed by atoms with E-state index in [1.165, 1.54) is 6.26 Å². The van der Waals surface area contributed by atoms with Crippen LogP contribution < -0.4 is 4.74 Å². The van der Waals surface area contributed by atoms with Crippen LogP contribution in [0.2, 0.25) is 0 Å². The molecule has 138 valence electrons. The van der Waals surface area contributed by atoms with E-state index in [-0.39, 0.29) is 11.8 Å². The molecule has 1 fully saturated rings. The van der Waals surface area contributed by atoms with Crippen LogP contribution in [-0.4, -0.2) is 54.9 Å². The van der Waals surface area contributed by atoms with Crippen LogP contribution in [0.1, 0.15) is 38.5 Å². The first-order chi connectivity index (χ1) is 12.5. The molecule has 0 aliphatic carbocycles. The van der Waals surface area contributed by atoms with Crippen LogP contribution in [0.4, 0.5) is 0 Å². The minimum Gasteiger partial charge on any atom is -0.496 e. The number of amides is 2. The molecule has 0 radical (unpaired) electrons. The maximum absolute atomic E-state index is 13.1. The van der Waals surface area contributed by atoms with Gasteiger partial charge >= 0.3 is 0 Å². The van der Waals surface area contributed by atoms with Crippen molar-refractivity contribution in [3.63, 3.8) is 0 Å². The van der Waals surface area contributed by atoms with Crippen LogP contribution >= 0.6 is 0 Å². The van der Waals surface area contributed by atoms with Crippen LogP contribution in [0.25, 0.3) is 0 Å². The smallest absolute Gasteiger partial charge is 0.289 e. The summed E-state index contributed by atoms with van der Waals surface area (Å²) < 4.78 is 10.7. The van der Waals surface area contributed by atoms with Crippen molar-refractivity contribution in [2.24, 2.45) is 0 Å². The van der Waals surface area contributed by atoms with Crippen molar-refractivity contribution in [1.29, 1.82) is 0 Å². The van der Waals surface area contributed by atoms with Gasteiger partial charge in [-0.2, -0.15) is 0 Å². The van der Waals surface area contributed by atoms with Gasteiger partial charge in [0.15, 0.2) is 5.76 Å². The Morgan fingerprint density at radius 1 is 1.04 bits per heavy atom. The Bertz CT molecular complexity index is 798. The highest BCUT2D eigenvalue weighted by Crippen LogP contribution is 2.26. The number of rotatable bonds is 3. The summed E-state index contributed by atoms with van der Waals surface area (Å²) in [6, 6.07) is 7.23. The predicted molar refractivity (Wildman–Crippen MR) is 97.6 cm³/mol. The Morgan fingerprint density at radius 3 is 2.35 bits per heavy atom. The van der Waals surface area contributed by atoms with Crippen molar-refractivity contribution in [2.45, 2.75) is 20.3 Å². The molecule has 26 heavy (non-hydrogen) atoms. The third-order valence-corrected chi connectivity index (χ3v) is 4.66. The molecule has 2 aromatic rings. The van der Waals surface area contributed by atoms with Gasteiger partial charge < -0.3 is 19.0 Å². The van der Waals surface area contributed by atoms with Crippen molar-refractivity contribution >= 4 is 11.8 Å². The number of aryl methyl sites for hydroxylation is 2. The second-order valence-corrected chi connectivity index (χ2v) is 6.58. The van der Waals surface area contributed by atoms with E-state index in [9.17, 15) is 9.59 Å². The third-order valence-electron chi connectivity index (χ3n) is 4.66. The van der Waals surface area contributed by atoms with E-state index < -0.39 is 0 Å². The van der Waals surface area contributed by atoms with Gasteiger partial charge in [0.25, 0.3) is 11.8 Å². The second kappa shape index (κ2) is 7.64. The first-order valence-electron chi connectivity index (χ1n) is 8.78. The summed E-state index contributed by atoms with van der Waals surface area (Å²) in [5, 5.41) is 0. The van der Waals surface area contributed by atoms with Gasteiger partial charge in [0.05, 0.1) is 18.9 Å². The van der Waals surface area contributed by atoms with E-state index in [0.717, 1.165) is 17.5 Å². The van der Waals surface area contributed by atoms with Crippen LogP contribution in [-0.2, 0) is 0 Å². The highest BCUT2D eigenvalue weighted by Gasteiger charge is 2.26. The molecule has 1 aromatic carbocycles. The van der Waals surface area contributed by atoms with E-state index in [1.807, 2.05) is 26.0 Å². The first kappa shape index (κ1) is 18.0. The fourth-order valence-electron chi connectivity index (χ4n) is 3.43. The lowest BCUT2D eigenvalue weighted by Gasteiger charge is -2.23. The quantitative estimate of drug-likeness (QED) is 0.848. The topological polar surface area (TPSA) is 63.0 Å². The minimum absolute atomic E-state index is 0.0547. The van der Waals surface area contributed by atoms with Gasteiger partial charge in [0.2, 0.25) is 0 Å². The van der Waals surface area contributed by atoms with Crippen LogP contribution in [0, 0.1) is 13.8 Å². The molecule has 0 bridgehead atoms. The van der Waals surface area contributed by atoms with Crippen molar-refractivity contribution in [3.05, 3.63) is 53.0 Å². The number of carbonyl (C=O) groups excluding carboxylic acids is 2. The molecule has 1 aliphatic heterocycles. The fraction of sp³-hybridized carbons (Fsp3) is 0.400. The van der Waals surface area contributed by atoms with Gasteiger partial charge in [-0.1, -0.05) is 6.07 Å². The molecule has 1 aromatic heterocycles. The number of carbonyl (C=O) groups is 2. The molecule has 1 saturated heterocycles. The molecular weight excluding hydrogens is 332 g/mol. The molecule has 0 N–H and O–H groups in total. The summed E-state index contributed by atoms with van der Waals surface area (Å²) in [5.41, 5.74) is 2.55. The third kappa shape index (κ3) is 3.59. The number of furan rings is 1. The van der Waals surface area contributed by atoms with Crippen molar-refractivity contribution in [1.82, 2.24) is 9.80 Å². The number of benzene rings is 1. The van der Waals surface area contributed by atoms with Gasteiger partial charge in [-0.15, -0.1) is 0 Å². The molecule has 3 rings (SSSR count). The van der Waals surface area contributed by atoms with Crippen molar-refractivity contribution in [3.8, 4) is 5.75 Å². The first-order valence-corrected chi connectivity index (χ1v) is 8.78. The number of ether oxygens (including phenoxy) is 1. The van der Waals surface area contributed by atoms with Gasteiger partial charge in [-0.3, -0.25) is 9.59 Å². The summed E-state index contributed by atoms with van der Waals surface area (Å²) >= 11 is 0. The summed E-state index contributed by atoms with van der Waals surface area (Å²) in [5.74, 6) is 0.767. The molecule has 6 heteroatoms. The molecule has 0 spiro atoms. The average molecular weight is 356 g/mol. The number of methoxy groups -OCH3 is 1. The summed E-state index contributed by atoms with van der Waals surface area (Å²) in [7, 11) is 1.58. The molecular formula is C20H24N2O4. The van der Waals surface area contributed by atoms with E-state index in [4.69, 9.17) is 9.15 Å². The van der Waals surface area contributed by atoms with E-state index in [1.54, 1.807) is 29.0 Å². The van der Waals surface area contributed by atoms with Crippen LogP contribution in [0.3, 0.4) is 0 Å². The maximum atomic E-state index is 13.1. The Hall–Kier alpha value is -2.76. The summed E-state index contributed by atoms with van der Waals surface area (Å²) in [6.45, 7) is 6.09. The van der Waals surface area contributed by atoms with E-state index in [2.05, 4.69) is 0 Å². The second-order valence-electron chi connectivity index (χ2n) is 6.58. The molecule has 1 aliphatic rings. The Balaban J connectivity index is 1.75. The molecule has 2 amide bonds. The standard InChI is InChI=1S/C20H24N2O4/c1-14-12-15(2)18(25-3)16(13-14)19(23)21-7-5-8-22(10-9-21)20(24)17-6-4-11-26-17/h4,6,11-13H,5,7-10H2,1-3H3. The molecule has 0 unspecified atom stereocenters. The Morgan fingerprint density at radius 2 is 1.73 bits per heavy atom.